The third-order valence-electron chi connectivity index (χ3n) is 4.87. The minimum absolute atomic E-state index is 0.00690. The number of hydrogen-bond acceptors (Lipinski definition) is 7. The van der Waals surface area contributed by atoms with Crippen LogP contribution in [0, 0.1) is 13.8 Å². The van der Waals surface area contributed by atoms with E-state index in [-0.39, 0.29) is 19.6 Å². The molecule has 2 rings (SSSR count). The monoisotopic (exact) mass is 553 g/mol. The highest BCUT2D eigenvalue weighted by Crippen LogP contribution is 2.23. The van der Waals surface area contributed by atoms with Gasteiger partial charge in [0.05, 0.1) is 31.3 Å². The molecule has 2 aromatic carbocycles. The average Bonchev–Trinajstić information content (AvgIpc) is 2.87. The number of rotatable bonds is 10. The molecule has 1 unspecified atom stereocenters. The molecule has 0 saturated carbocycles. The van der Waals surface area contributed by atoms with Crippen LogP contribution in [-0.2, 0) is 19.1 Å². The molecule has 0 saturated heterocycles. The van der Waals surface area contributed by atoms with Gasteiger partial charge in [-0.05, 0) is 50.1 Å². The normalized spacial score (nSPS) is 11.6. The Morgan fingerprint density at radius 2 is 1.79 bits per heavy atom. The molecule has 0 bridgehead atoms. The third-order valence-corrected chi connectivity index (χ3v) is 4.87. The van der Waals surface area contributed by atoms with Gasteiger partial charge < -0.3 is 25.9 Å². The van der Waals surface area contributed by atoms with Gasteiger partial charge in [0.25, 0.3) is 5.91 Å². The van der Waals surface area contributed by atoms with E-state index in [9.17, 15) is 27.6 Å². The lowest BCUT2D eigenvalue weighted by molar-refractivity contribution is -0.192. The summed E-state index contributed by atoms with van der Waals surface area (Å²) in [6.07, 6.45) is -3.80. The van der Waals surface area contributed by atoms with Crippen molar-refractivity contribution < 1.29 is 42.2 Å². The average molecular weight is 554 g/mol. The van der Waals surface area contributed by atoms with Crippen molar-refractivity contribution in [1.29, 1.82) is 0 Å². The number of aliphatic imine (C=N–C) groups is 1. The van der Waals surface area contributed by atoms with Gasteiger partial charge in [-0.3, -0.25) is 14.4 Å². The molecule has 0 heterocycles. The number of aliphatic carboxylic acids is 1. The summed E-state index contributed by atoms with van der Waals surface area (Å²) in [6.45, 7) is 5.59. The van der Waals surface area contributed by atoms with Crippen LogP contribution < -0.4 is 21.9 Å². The zero-order chi connectivity index (χ0) is 29.6. The first-order valence-corrected chi connectivity index (χ1v) is 11.5. The minimum Gasteiger partial charge on any atom is -0.475 e. The van der Waals surface area contributed by atoms with Crippen molar-refractivity contribution in [2.24, 2.45) is 10.8 Å². The Balaban J connectivity index is 0.000000956. The second-order valence-electron chi connectivity index (χ2n) is 7.95. The summed E-state index contributed by atoms with van der Waals surface area (Å²) in [6, 6.07) is 11.8. The first kappa shape index (κ1) is 32.6. The maximum Gasteiger partial charge on any atom is 0.490 e. The van der Waals surface area contributed by atoms with Crippen molar-refractivity contribution in [3.05, 3.63) is 64.7 Å². The van der Waals surface area contributed by atoms with Crippen molar-refractivity contribution >= 4 is 35.8 Å². The second kappa shape index (κ2) is 15.7. The van der Waals surface area contributed by atoms with Gasteiger partial charge in [-0.2, -0.15) is 13.2 Å². The standard InChI is InChI=1S/C23H29N5O4.C2HF3O2/c1-4-32-22(30)12-20(19-10-15(2)8-9-16(19)3)28-21(29)13-25-23(31)17-6-5-7-18(11-17)26-14-27-24;3-2(4,5)1(6)7/h5-11,14,20H,4,12-13,24H2,1-3H3,(H,25,31)(H,26,27)(H,28,29);(H,6,7). The van der Waals surface area contributed by atoms with Crippen LogP contribution >= 0.6 is 0 Å². The molecule has 212 valence electrons. The predicted molar refractivity (Wildman–Crippen MR) is 136 cm³/mol. The number of halogens is 3. The number of amides is 2. The lowest BCUT2D eigenvalue weighted by Crippen LogP contribution is -2.39. The zero-order valence-electron chi connectivity index (χ0n) is 21.5. The van der Waals surface area contributed by atoms with Crippen LogP contribution in [0.2, 0.25) is 0 Å². The van der Waals surface area contributed by atoms with Crippen molar-refractivity contribution in [1.82, 2.24) is 16.1 Å². The van der Waals surface area contributed by atoms with Gasteiger partial charge in [0, 0.05) is 5.56 Å². The molecule has 11 nitrogen and oxygen atoms in total. The summed E-state index contributed by atoms with van der Waals surface area (Å²) in [5.41, 5.74) is 5.95. The van der Waals surface area contributed by atoms with E-state index < -0.39 is 36.0 Å². The van der Waals surface area contributed by atoms with Gasteiger partial charge in [-0.15, -0.1) is 0 Å². The van der Waals surface area contributed by atoms with E-state index in [2.05, 4.69) is 21.1 Å². The summed E-state index contributed by atoms with van der Waals surface area (Å²) in [5.74, 6) is 1.14. The highest BCUT2D eigenvalue weighted by molar-refractivity contribution is 5.97. The van der Waals surface area contributed by atoms with Gasteiger partial charge in [0.2, 0.25) is 5.91 Å². The summed E-state index contributed by atoms with van der Waals surface area (Å²) >= 11 is 0. The summed E-state index contributed by atoms with van der Waals surface area (Å²) < 4.78 is 36.8. The number of carboxylic acid groups (broad SMARTS) is 1. The Kier molecular flexibility index (Phi) is 13.1. The molecule has 0 aliphatic heterocycles. The molecule has 0 aliphatic rings. The largest absolute Gasteiger partial charge is 0.490 e. The van der Waals surface area contributed by atoms with Crippen LogP contribution in [0.25, 0.3) is 0 Å². The number of hydrazine groups is 1. The number of nitrogens with one attached hydrogen (secondary N) is 3. The van der Waals surface area contributed by atoms with Crippen molar-refractivity contribution in [2.75, 3.05) is 13.2 Å². The van der Waals surface area contributed by atoms with Crippen LogP contribution in [0.4, 0.5) is 18.9 Å². The maximum absolute atomic E-state index is 12.6. The van der Waals surface area contributed by atoms with Crippen LogP contribution in [0.3, 0.4) is 0 Å². The lowest BCUT2D eigenvalue weighted by Gasteiger charge is -2.21. The van der Waals surface area contributed by atoms with Crippen molar-refractivity contribution in [3.8, 4) is 0 Å². The quantitative estimate of drug-likeness (QED) is 0.0982. The van der Waals surface area contributed by atoms with E-state index in [4.69, 9.17) is 20.5 Å². The predicted octanol–water partition coefficient (Wildman–Crippen LogP) is 2.60. The van der Waals surface area contributed by atoms with Crippen LogP contribution in [0.1, 0.15) is 46.4 Å². The number of carbonyl (C=O) groups is 4. The van der Waals surface area contributed by atoms with Crippen LogP contribution in [-0.4, -0.2) is 54.5 Å². The number of alkyl halides is 3. The second-order valence-corrected chi connectivity index (χ2v) is 7.95. The van der Waals surface area contributed by atoms with E-state index in [1.54, 1.807) is 31.2 Å². The number of nitrogens with zero attached hydrogens (tertiary/aromatic N) is 1. The maximum atomic E-state index is 12.6. The topological polar surface area (TPSA) is 172 Å². The first-order valence-electron chi connectivity index (χ1n) is 11.5. The van der Waals surface area contributed by atoms with E-state index in [1.807, 2.05) is 32.0 Å². The number of esters is 1. The fraction of sp³-hybridized carbons (Fsp3) is 0.320. The number of aryl methyl sites for hydroxylation is 2. The van der Waals surface area contributed by atoms with E-state index in [1.165, 1.54) is 6.34 Å². The molecule has 0 fully saturated rings. The summed E-state index contributed by atoms with van der Waals surface area (Å²) in [5, 5.41) is 12.5. The smallest absolute Gasteiger partial charge is 0.475 e. The molecule has 0 radical (unpaired) electrons. The molecule has 6 N–H and O–H groups in total. The molecule has 14 heteroatoms. The number of carboxylic acids is 1. The highest BCUT2D eigenvalue weighted by atomic mass is 19.4. The number of hydrogen-bond donors (Lipinski definition) is 5. The molecule has 0 spiro atoms. The molecule has 2 aromatic rings. The lowest BCUT2D eigenvalue weighted by atomic mass is 9.96. The number of nitrogens with two attached hydrogens (primary N) is 1. The van der Waals surface area contributed by atoms with Gasteiger partial charge in [-0.1, -0.05) is 29.8 Å². The van der Waals surface area contributed by atoms with Crippen LogP contribution in [0.5, 0.6) is 0 Å². The molecular weight excluding hydrogens is 523 g/mol. The molecule has 0 aliphatic carbocycles. The molecule has 2 amide bonds. The van der Waals surface area contributed by atoms with Gasteiger partial charge in [0.15, 0.2) is 0 Å². The SMILES string of the molecule is CCOC(=O)CC(NC(=O)CNC(=O)c1cccc(N=CNN)c1)c1cc(C)ccc1C.O=C(O)C(F)(F)F. The summed E-state index contributed by atoms with van der Waals surface area (Å²) in [7, 11) is 0. The molecular formula is C25H30F3N5O6. The van der Waals surface area contributed by atoms with E-state index in [0.29, 0.717) is 11.3 Å². The zero-order valence-corrected chi connectivity index (χ0v) is 21.5. The minimum atomic E-state index is -5.08. The Morgan fingerprint density at radius 3 is 2.38 bits per heavy atom. The summed E-state index contributed by atoms with van der Waals surface area (Å²) in [4.78, 5) is 50.0. The van der Waals surface area contributed by atoms with Gasteiger partial charge in [-0.25, -0.2) is 15.6 Å². The number of ether oxygens (including phenoxy) is 1. The Labute approximate surface area is 222 Å². The van der Waals surface area contributed by atoms with Gasteiger partial charge in [0.1, 0.15) is 6.34 Å². The first-order chi connectivity index (χ1) is 18.3. The van der Waals surface area contributed by atoms with Crippen molar-refractivity contribution in [3.63, 3.8) is 0 Å². The molecule has 0 aromatic heterocycles. The number of benzene rings is 2. The number of carbonyl (C=O) groups excluding carboxylic acids is 3. The van der Waals surface area contributed by atoms with Gasteiger partial charge >= 0.3 is 18.1 Å². The van der Waals surface area contributed by atoms with Crippen molar-refractivity contribution in [2.45, 2.75) is 39.4 Å². The Bertz CT molecular complexity index is 1190. The highest BCUT2D eigenvalue weighted by Gasteiger charge is 2.38. The van der Waals surface area contributed by atoms with E-state index in [0.717, 1.165) is 16.7 Å². The fourth-order valence-corrected chi connectivity index (χ4v) is 3.11. The Hall–Kier alpha value is -4.46. The van der Waals surface area contributed by atoms with E-state index >= 15 is 0 Å². The Morgan fingerprint density at radius 1 is 1.13 bits per heavy atom. The molecule has 1 atom stereocenters. The fourth-order valence-electron chi connectivity index (χ4n) is 3.11. The van der Waals surface area contributed by atoms with Crippen LogP contribution in [0.15, 0.2) is 47.5 Å². The third kappa shape index (κ3) is 12.1. The molecule has 39 heavy (non-hydrogen) atoms.